The Kier molecular flexibility index (Phi) is 10.2. The van der Waals surface area contributed by atoms with Crippen LogP contribution in [0.4, 0.5) is 0 Å². The molecule has 0 bridgehead atoms. The van der Waals surface area contributed by atoms with Crippen LogP contribution < -0.4 is 0 Å². The largest absolute Gasteiger partial charge is 0.481 e. The molecule has 5 atom stereocenters. The van der Waals surface area contributed by atoms with E-state index in [0.29, 0.717) is 25.7 Å². The maximum atomic E-state index is 10.4. The molecule has 0 spiro atoms. The van der Waals surface area contributed by atoms with Gasteiger partial charge in [-0.2, -0.15) is 0 Å². The van der Waals surface area contributed by atoms with Crippen molar-refractivity contribution in [3.05, 3.63) is 12.2 Å². The normalized spacial score (nSPS) is 26.8. The van der Waals surface area contributed by atoms with E-state index in [2.05, 4.69) is 0 Å². The zero-order valence-corrected chi connectivity index (χ0v) is 14.5. The Hall–Kier alpha value is -0.950. The highest BCUT2D eigenvalue weighted by atomic mass is 16.5. The van der Waals surface area contributed by atoms with E-state index in [0.717, 1.165) is 25.7 Å². The zero-order chi connectivity index (χ0) is 17.9. The average molecular weight is 344 g/mol. The van der Waals surface area contributed by atoms with E-state index in [-0.39, 0.29) is 12.5 Å². The van der Waals surface area contributed by atoms with E-state index in [1.807, 2.05) is 6.92 Å². The first-order valence-corrected chi connectivity index (χ1v) is 9.03. The van der Waals surface area contributed by atoms with Gasteiger partial charge in [0, 0.05) is 12.8 Å². The third kappa shape index (κ3) is 8.24. The highest BCUT2D eigenvalue weighted by Crippen LogP contribution is 2.25. The van der Waals surface area contributed by atoms with Crippen LogP contribution in [0, 0.1) is 0 Å². The molecule has 1 fully saturated rings. The first-order chi connectivity index (χ1) is 11.4. The highest BCUT2D eigenvalue weighted by Gasteiger charge is 2.35. The summed E-state index contributed by atoms with van der Waals surface area (Å²) in [6.07, 6.45) is 6.92. The fraction of sp³-hybridized carbons (Fsp3) is 0.833. The molecule has 1 rings (SSSR count). The van der Waals surface area contributed by atoms with E-state index in [4.69, 9.17) is 9.84 Å². The van der Waals surface area contributed by atoms with Crippen molar-refractivity contribution in [3.8, 4) is 0 Å². The van der Waals surface area contributed by atoms with Crippen molar-refractivity contribution < 1.29 is 30.0 Å². The Morgan fingerprint density at radius 3 is 2.46 bits per heavy atom. The molecular formula is C18H32O6. The molecule has 1 heterocycles. The first-order valence-electron chi connectivity index (χ1n) is 9.03. The Bertz CT molecular complexity index is 384. The lowest BCUT2D eigenvalue weighted by molar-refractivity contribution is -0.137. The number of unbranched alkanes of at least 4 members (excludes halogenated alkanes) is 4. The summed E-state index contributed by atoms with van der Waals surface area (Å²) in [5.41, 5.74) is 0. The van der Waals surface area contributed by atoms with Gasteiger partial charge in [-0.3, -0.25) is 4.79 Å². The van der Waals surface area contributed by atoms with Gasteiger partial charge < -0.3 is 25.2 Å². The summed E-state index contributed by atoms with van der Waals surface area (Å²) in [5, 5.41) is 38.3. The third-order valence-electron chi connectivity index (χ3n) is 4.46. The molecule has 0 aromatic carbocycles. The van der Waals surface area contributed by atoms with Crippen LogP contribution in [-0.2, 0) is 9.53 Å². The Morgan fingerprint density at radius 1 is 1.17 bits per heavy atom. The fourth-order valence-electron chi connectivity index (χ4n) is 2.97. The minimum absolute atomic E-state index is 0.218. The molecule has 4 N–H and O–H groups in total. The SMILES string of the molecule is CC[C@H]1O[C@H]([C@@H](O)/C=C/[C@@H](O)CCCCCCCC(=O)O)C[C@H]1O. The van der Waals surface area contributed by atoms with Crippen LogP contribution in [0.1, 0.15) is 64.7 Å². The standard InChI is InChI=1S/C18H32O6/c1-2-16-15(21)12-17(24-16)14(20)11-10-13(19)8-6-4-3-5-7-9-18(22)23/h10-11,13-17,19-21H,2-9,12H2,1H3,(H,22,23)/b11-10+/t13-,14-,15+,16+,17-/m0/s1. The summed E-state index contributed by atoms with van der Waals surface area (Å²) in [6.45, 7) is 1.93. The second-order valence-electron chi connectivity index (χ2n) is 6.57. The fourth-order valence-corrected chi connectivity index (χ4v) is 2.97. The monoisotopic (exact) mass is 344 g/mol. The number of aliphatic carboxylic acids is 1. The number of aliphatic hydroxyl groups is 3. The van der Waals surface area contributed by atoms with E-state index < -0.39 is 30.4 Å². The van der Waals surface area contributed by atoms with Crippen molar-refractivity contribution >= 4 is 5.97 Å². The maximum Gasteiger partial charge on any atom is 0.303 e. The molecule has 6 heteroatoms. The minimum atomic E-state index is -0.818. The van der Waals surface area contributed by atoms with Crippen molar-refractivity contribution in [2.24, 2.45) is 0 Å². The number of hydrogen-bond acceptors (Lipinski definition) is 5. The lowest BCUT2D eigenvalue weighted by Crippen LogP contribution is -2.24. The Morgan fingerprint density at radius 2 is 1.83 bits per heavy atom. The Balaban J connectivity index is 2.12. The number of ether oxygens (including phenoxy) is 1. The van der Waals surface area contributed by atoms with Crippen LogP contribution in [0.5, 0.6) is 0 Å². The van der Waals surface area contributed by atoms with Crippen molar-refractivity contribution in [2.75, 3.05) is 0 Å². The van der Waals surface area contributed by atoms with Gasteiger partial charge in [0.15, 0.2) is 0 Å². The average Bonchev–Trinajstić information content (AvgIpc) is 2.92. The van der Waals surface area contributed by atoms with Gasteiger partial charge in [0.25, 0.3) is 0 Å². The number of aliphatic hydroxyl groups excluding tert-OH is 3. The molecular weight excluding hydrogens is 312 g/mol. The van der Waals surface area contributed by atoms with Crippen LogP contribution >= 0.6 is 0 Å². The summed E-state index contributed by atoms with van der Waals surface area (Å²) in [7, 11) is 0. The molecule has 1 saturated heterocycles. The van der Waals surface area contributed by atoms with Crippen molar-refractivity contribution in [1.29, 1.82) is 0 Å². The second kappa shape index (κ2) is 11.6. The summed E-state index contributed by atoms with van der Waals surface area (Å²) < 4.78 is 5.60. The minimum Gasteiger partial charge on any atom is -0.481 e. The van der Waals surface area contributed by atoms with Gasteiger partial charge >= 0.3 is 5.97 Å². The van der Waals surface area contributed by atoms with E-state index in [1.165, 1.54) is 0 Å². The summed E-state index contributed by atoms with van der Waals surface area (Å²) in [6, 6.07) is 0. The van der Waals surface area contributed by atoms with Gasteiger partial charge in [0.2, 0.25) is 0 Å². The highest BCUT2D eigenvalue weighted by molar-refractivity contribution is 5.66. The maximum absolute atomic E-state index is 10.4. The molecule has 0 aromatic heterocycles. The van der Waals surface area contributed by atoms with E-state index in [9.17, 15) is 20.1 Å². The number of hydrogen-bond donors (Lipinski definition) is 4. The number of carboxylic acids is 1. The van der Waals surface area contributed by atoms with E-state index in [1.54, 1.807) is 12.2 Å². The molecule has 0 radical (unpaired) electrons. The van der Waals surface area contributed by atoms with Crippen LogP contribution in [-0.4, -0.2) is 56.9 Å². The van der Waals surface area contributed by atoms with Gasteiger partial charge in [-0.1, -0.05) is 44.8 Å². The number of rotatable bonds is 12. The predicted molar refractivity (Wildman–Crippen MR) is 90.7 cm³/mol. The molecule has 0 saturated carbocycles. The van der Waals surface area contributed by atoms with Gasteiger partial charge in [-0.15, -0.1) is 0 Å². The van der Waals surface area contributed by atoms with Crippen LogP contribution in [0.3, 0.4) is 0 Å². The number of carboxylic acid groups (broad SMARTS) is 1. The smallest absolute Gasteiger partial charge is 0.303 e. The molecule has 140 valence electrons. The van der Waals surface area contributed by atoms with Gasteiger partial charge in [-0.05, 0) is 19.3 Å². The van der Waals surface area contributed by atoms with Crippen LogP contribution in [0.2, 0.25) is 0 Å². The van der Waals surface area contributed by atoms with Crippen molar-refractivity contribution in [2.45, 2.75) is 95.2 Å². The first kappa shape index (κ1) is 21.1. The lowest BCUT2D eigenvalue weighted by Gasteiger charge is -2.16. The molecule has 24 heavy (non-hydrogen) atoms. The Labute approximate surface area is 144 Å². The molecule has 1 aliphatic heterocycles. The lowest BCUT2D eigenvalue weighted by atomic mass is 10.0. The third-order valence-corrected chi connectivity index (χ3v) is 4.46. The summed E-state index contributed by atoms with van der Waals surface area (Å²) in [4.78, 5) is 10.4. The second-order valence-corrected chi connectivity index (χ2v) is 6.57. The molecule has 0 unspecified atom stereocenters. The van der Waals surface area contributed by atoms with Gasteiger partial charge in [-0.25, -0.2) is 0 Å². The molecule has 0 aliphatic carbocycles. The number of carbonyl (C=O) groups is 1. The van der Waals surface area contributed by atoms with Crippen LogP contribution in [0.25, 0.3) is 0 Å². The van der Waals surface area contributed by atoms with Crippen LogP contribution in [0.15, 0.2) is 12.2 Å². The van der Waals surface area contributed by atoms with E-state index >= 15 is 0 Å². The van der Waals surface area contributed by atoms with Crippen molar-refractivity contribution in [3.63, 3.8) is 0 Å². The quantitative estimate of drug-likeness (QED) is 0.319. The molecule has 0 amide bonds. The van der Waals surface area contributed by atoms with Gasteiger partial charge in [0.1, 0.15) is 0 Å². The molecule has 0 aromatic rings. The van der Waals surface area contributed by atoms with Crippen molar-refractivity contribution in [1.82, 2.24) is 0 Å². The predicted octanol–water partition coefficient (Wildman–Crippen LogP) is 2.01. The summed E-state index contributed by atoms with van der Waals surface area (Å²) >= 11 is 0. The topological polar surface area (TPSA) is 107 Å². The zero-order valence-electron chi connectivity index (χ0n) is 14.5. The molecule has 1 aliphatic rings. The summed E-state index contributed by atoms with van der Waals surface area (Å²) in [5.74, 6) is -0.752. The molecule has 6 nitrogen and oxygen atoms in total. The van der Waals surface area contributed by atoms with Gasteiger partial charge in [0.05, 0.1) is 30.5 Å².